The first-order valence-corrected chi connectivity index (χ1v) is 11.1. The Bertz CT molecular complexity index is 1230. The summed E-state index contributed by atoms with van der Waals surface area (Å²) in [7, 11) is 2.48. The number of esters is 2. The molecule has 6 N–H and O–H groups in total. The second-order valence-electron chi connectivity index (χ2n) is 8.47. The molecule has 1 fully saturated rings. The molecule has 13 heteroatoms. The van der Waals surface area contributed by atoms with Crippen molar-refractivity contribution in [1.29, 1.82) is 0 Å². The van der Waals surface area contributed by atoms with Crippen LogP contribution in [0.5, 0.6) is 28.7 Å². The minimum Gasteiger partial charge on any atom is -0.504 e. The first-order valence-electron chi connectivity index (χ1n) is 11.1. The zero-order valence-corrected chi connectivity index (χ0v) is 20.2. The molecule has 13 nitrogen and oxygen atoms in total. The van der Waals surface area contributed by atoms with E-state index in [1.54, 1.807) is 0 Å². The molecule has 0 spiro atoms. The summed E-state index contributed by atoms with van der Waals surface area (Å²) in [5, 5.41) is 59.5. The van der Waals surface area contributed by atoms with Gasteiger partial charge in [-0.25, -0.2) is 14.4 Å². The Morgan fingerprint density at radius 1 is 0.947 bits per heavy atom. The standard InChI is InChI=1S/C25H26O13/c1-35-17-8-13(9-18(36-2)21(17)30)23(31)38-22-16(28)10-25(34,24(32)33)11-19(22)37-20(29)6-4-12-3-5-14(26)15(27)7-12/h3-9,16,19,22,26-28,30,34H,10-11H2,1-2H3,(H,32,33)/b6-4+/t16-,19-,22-,25+/m0/s1. The lowest BCUT2D eigenvalue weighted by atomic mass is 9.79. The Morgan fingerprint density at radius 2 is 1.58 bits per heavy atom. The molecule has 1 aliphatic rings. The first-order chi connectivity index (χ1) is 17.9. The quantitative estimate of drug-likeness (QED) is 0.158. The van der Waals surface area contributed by atoms with E-state index in [0.717, 1.165) is 24.3 Å². The molecule has 3 rings (SSSR count). The van der Waals surface area contributed by atoms with Crippen molar-refractivity contribution in [3.63, 3.8) is 0 Å². The van der Waals surface area contributed by atoms with Crippen LogP contribution >= 0.6 is 0 Å². The minimum atomic E-state index is -2.48. The maximum absolute atomic E-state index is 12.9. The molecular formula is C25H26O13. The number of carbonyl (C=O) groups excluding carboxylic acids is 2. The van der Waals surface area contributed by atoms with Gasteiger partial charge in [0.1, 0.15) is 6.10 Å². The van der Waals surface area contributed by atoms with Crippen LogP contribution < -0.4 is 9.47 Å². The fraction of sp³-hybridized carbons (Fsp3) is 0.320. The van der Waals surface area contributed by atoms with Gasteiger partial charge in [0, 0.05) is 18.9 Å². The molecule has 0 heterocycles. The summed E-state index contributed by atoms with van der Waals surface area (Å²) in [4.78, 5) is 37.0. The molecule has 0 aliphatic heterocycles. The number of carboxylic acid groups (broad SMARTS) is 1. The predicted octanol–water partition coefficient (Wildman–Crippen LogP) is 0.942. The lowest BCUT2D eigenvalue weighted by Gasteiger charge is -2.40. The average Bonchev–Trinajstić information content (AvgIpc) is 2.86. The number of methoxy groups -OCH3 is 2. The largest absolute Gasteiger partial charge is 0.504 e. The maximum atomic E-state index is 12.9. The molecule has 0 bridgehead atoms. The SMILES string of the molecule is COc1cc(C(=O)O[C@@H]2[C@@H](OC(=O)/C=C/c3ccc(O)c(O)c3)C[C@@](O)(C(=O)O)C[C@@H]2O)cc(OC)c1O. The van der Waals surface area contributed by atoms with Crippen LogP contribution in [0, 0.1) is 0 Å². The number of aliphatic hydroxyl groups excluding tert-OH is 1. The number of aromatic hydroxyl groups is 3. The first kappa shape index (κ1) is 28.1. The number of hydrogen-bond donors (Lipinski definition) is 6. The molecule has 204 valence electrons. The van der Waals surface area contributed by atoms with Crippen molar-refractivity contribution in [2.24, 2.45) is 0 Å². The molecule has 0 aromatic heterocycles. The average molecular weight is 534 g/mol. The van der Waals surface area contributed by atoms with Crippen LogP contribution in [0.15, 0.2) is 36.4 Å². The number of phenols is 3. The number of benzene rings is 2. The normalized spacial score (nSPS) is 23.0. The van der Waals surface area contributed by atoms with E-state index in [9.17, 15) is 45.0 Å². The molecule has 38 heavy (non-hydrogen) atoms. The second kappa shape index (κ2) is 11.3. The van der Waals surface area contributed by atoms with Gasteiger partial charge in [0.25, 0.3) is 0 Å². The van der Waals surface area contributed by atoms with Gasteiger partial charge in [-0.2, -0.15) is 0 Å². The van der Waals surface area contributed by atoms with Gasteiger partial charge in [0.2, 0.25) is 5.75 Å². The van der Waals surface area contributed by atoms with E-state index in [0.29, 0.717) is 5.56 Å². The monoisotopic (exact) mass is 534 g/mol. The van der Waals surface area contributed by atoms with Crippen LogP contribution in [-0.2, 0) is 19.1 Å². The van der Waals surface area contributed by atoms with Crippen LogP contribution in [0.25, 0.3) is 6.08 Å². The van der Waals surface area contributed by atoms with Crippen molar-refractivity contribution in [3.05, 3.63) is 47.5 Å². The minimum absolute atomic E-state index is 0.117. The van der Waals surface area contributed by atoms with Gasteiger partial charge < -0.3 is 49.6 Å². The van der Waals surface area contributed by atoms with Crippen molar-refractivity contribution >= 4 is 24.0 Å². The molecule has 1 aliphatic carbocycles. The molecule has 0 saturated heterocycles. The smallest absolute Gasteiger partial charge is 0.338 e. The summed E-state index contributed by atoms with van der Waals surface area (Å²) in [6.07, 6.45) is -4.21. The fourth-order valence-corrected chi connectivity index (χ4v) is 3.88. The Kier molecular flexibility index (Phi) is 8.33. The number of hydrogen-bond acceptors (Lipinski definition) is 12. The molecule has 4 atom stereocenters. The van der Waals surface area contributed by atoms with Gasteiger partial charge in [-0.3, -0.25) is 0 Å². The Morgan fingerprint density at radius 3 is 2.13 bits per heavy atom. The van der Waals surface area contributed by atoms with Crippen molar-refractivity contribution in [2.45, 2.75) is 36.8 Å². The topological polar surface area (TPSA) is 210 Å². The highest BCUT2D eigenvalue weighted by Gasteiger charge is 2.52. The van der Waals surface area contributed by atoms with E-state index >= 15 is 0 Å². The zero-order chi connectivity index (χ0) is 28.2. The highest BCUT2D eigenvalue weighted by Crippen LogP contribution is 2.38. The van der Waals surface area contributed by atoms with Gasteiger partial charge in [-0.15, -0.1) is 0 Å². The van der Waals surface area contributed by atoms with E-state index in [2.05, 4.69) is 0 Å². The molecule has 2 aromatic carbocycles. The molecule has 0 radical (unpaired) electrons. The molecule has 0 unspecified atom stereocenters. The van der Waals surface area contributed by atoms with Crippen molar-refractivity contribution in [1.82, 2.24) is 0 Å². The third kappa shape index (κ3) is 6.07. The Balaban J connectivity index is 1.85. The number of aliphatic hydroxyl groups is 2. The van der Waals surface area contributed by atoms with Crippen LogP contribution in [0.1, 0.15) is 28.8 Å². The Hall–Kier alpha value is -4.49. The van der Waals surface area contributed by atoms with Gasteiger partial charge in [-0.05, 0) is 35.9 Å². The lowest BCUT2D eigenvalue weighted by molar-refractivity contribution is -0.196. The van der Waals surface area contributed by atoms with E-state index < -0.39 is 60.4 Å². The lowest BCUT2D eigenvalue weighted by Crippen LogP contribution is -2.58. The third-order valence-electron chi connectivity index (χ3n) is 5.87. The number of ether oxygens (including phenoxy) is 4. The summed E-state index contributed by atoms with van der Waals surface area (Å²) in [5.74, 6) is -5.19. The molecular weight excluding hydrogens is 508 g/mol. The number of carboxylic acids is 1. The predicted molar refractivity (Wildman–Crippen MR) is 127 cm³/mol. The fourth-order valence-electron chi connectivity index (χ4n) is 3.88. The van der Waals surface area contributed by atoms with E-state index in [1.165, 1.54) is 32.4 Å². The highest BCUT2D eigenvalue weighted by atomic mass is 16.6. The van der Waals surface area contributed by atoms with E-state index in [-0.39, 0.29) is 28.6 Å². The number of rotatable bonds is 8. The third-order valence-corrected chi connectivity index (χ3v) is 5.87. The summed E-state index contributed by atoms with van der Waals surface area (Å²) in [6, 6.07) is 6.02. The van der Waals surface area contributed by atoms with Crippen LogP contribution in [0.3, 0.4) is 0 Å². The van der Waals surface area contributed by atoms with Gasteiger partial charge in [0.05, 0.1) is 25.9 Å². The summed E-state index contributed by atoms with van der Waals surface area (Å²) >= 11 is 0. The van der Waals surface area contributed by atoms with Crippen molar-refractivity contribution in [3.8, 4) is 28.7 Å². The molecule has 2 aromatic rings. The van der Waals surface area contributed by atoms with Gasteiger partial charge >= 0.3 is 17.9 Å². The molecule has 1 saturated carbocycles. The number of phenolic OH excluding ortho intramolecular Hbond substituents is 3. The summed E-state index contributed by atoms with van der Waals surface area (Å²) < 4.78 is 20.6. The molecule has 0 amide bonds. The van der Waals surface area contributed by atoms with E-state index in [1.807, 2.05) is 0 Å². The van der Waals surface area contributed by atoms with Crippen LogP contribution in [-0.4, -0.2) is 86.7 Å². The maximum Gasteiger partial charge on any atom is 0.338 e. The number of carbonyl (C=O) groups is 3. The summed E-state index contributed by atoms with van der Waals surface area (Å²) in [6.45, 7) is 0. The van der Waals surface area contributed by atoms with Crippen molar-refractivity contribution in [2.75, 3.05) is 14.2 Å². The number of aliphatic carboxylic acids is 1. The van der Waals surface area contributed by atoms with Gasteiger partial charge in [0.15, 0.2) is 34.7 Å². The van der Waals surface area contributed by atoms with Gasteiger partial charge in [-0.1, -0.05) is 6.07 Å². The zero-order valence-electron chi connectivity index (χ0n) is 20.2. The summed E-state index contributed by atoms with van der Waals surface area (Å²) in [5.41, 5.74) is -2.34. The second-order valence-corrected chi connectivity index (χ2v) is 8.47. The van der Waals surface area contributed by atoms with Crippen LogP contribution in [0.2, 0.25) is 0 Å². The highest BCUT2D eigenvalue weighted by molar-refractivity contribution is 5.91. The van der Waals surface area contributed by atoms with E-state index in [4.69, 9.17) is 18.9 Å². The Labute approximate surface area is 215 Å². The van der Waals surface area contributed by atoms with Crippen LogP contribution in [0.4, 0.5) is 0 Å². The van der Waals surface area contributed by atoms with Crippen molar-refractivity contribution < 1.29 is 64.0 Å².